The molecule has 2 aromatic carbocycles. The molecule has 5 nitrogen and oxygen atoms in total. The van der Waals surface area contributed by atoms with Gasteiger partial charge in [-0.05, 0) is 62.6 Å². The number of ether oxygens (including phenoxy) is 1. The van der Waals surface area contributed by atoms with Crippen LogP contribution in [0.25, 0.3) is 0 Å². The van der Waals surface area contributed by atoms with E-state index in [4.69, 9.17) is 4.74 Å². The Hall–Kier alpha value is -2.82. The van der Waals surface area contributed by atoms with Gasteiger partial charge in [0.25, 0.3) is 5.91 Å². The molecule has 1 N–H and O–H groups in total. The fraction of sp³-hybridized carbons (Fsp3) is 0.300. The van der Waals surface area contributed by atoms with Gasteiger partial charge in [0.1, 0.15) is 12.3 Å². The maximum Gasteiger partial charge on any atom is 0.268 e. The number of para-hydroxylation sites is 2. The molecular formula is C20H22N2O3. The topological polar surface area (TPSA) is 58.6 Å². The summed E-state index contributed by atoms with van der Waals surface area (Å²) in [6.07, 6.45) is -0.696. The van der Waals surface area contributed by atoms with Crippen LogP contribution in [0.15, 0.2) is 36.4 Å². The molecule has 1 atom stereocenters. The molecule has 0 bridgehead atoms. The van der Waals surface area contributed by atoms with E-state index in [2.05, 4.69) is 11.4 Å². The van der Waals surface area contributed by atoms with Crippen LogP contribution >= 0.6 is 0 Å². The van der Waals surface area contributed by atoms with Crippen LogP contribution in [-0.4, -0.2) is 24.5 Å². The van der Waals surface area contributed by atoms with Crippen LogP contribution in [0, 0.1) is 20.8 Å². The molecule has 0 aromatic heterocycles. The van der Waals surface area contributed by atoms with Gasteiger partial charge in [0.05, 0.1) is 11.4 Å². The SMILES string of the molecule is Cc1cc(C)c(C)c(O[C@H](C)C(=O)N2CC(=O)Nc3ccccc32)c1. The Morgan fingerprint density at radius 3 is 2.68 bits per heavy atom. The Kier molecular flexibility index (Phi) is 4.49. The molecule has 0 fully saturated rings. The zero-order valence-corrected chi connectivity index (χ0v) is 14.9. The number of aryl methyl sites for hydroxylation is 2. The molecule has 3 rings (SSSR count). The zero-order valence-electron chi connectivity index (χ0n) is 14.9. The van der Waals surface area contributed by atoms with E-state index in [1.54, 1.807) is 13.0 Å². The first-order valence-corrected chi connectivity index (χ1v) is 8.31. The van der Waals surface area contributed by atoms with Gasteiger partial charge in [-0.3, -0.25) is 14.5 Å². The van der Waals surface area contributed by atoms with Crippen LogP contribution < -0.4 is 15.0 Å². The lowest BCUT2D eigenvalue weighted by atomic mass is 10.1. The monoisotopic (exact) mass is 338 g/mol. The second-order valence-corrected chi connectivity index (χ2v) is 6.45. The Balaban J connectivity index is 1.85. The van der Waals surface area contributed by atoms with Gasteiger partial charge in [0.15, 0.2) is 6.10 Å². The summed E-state index contributed by atoms with van der Waals surface area (Å²) in [5.74, 6) is 0.260. The molecule has 5 heteroatoms. The van der Waals surface area contributed by atoms with Crippen molar-refractivity contribution in [2.75, 3.05) is 16.8 Å². The number of carbonyl (C=O) groups is 2. The Morgan fingerprint density at radius 2 is 1.92 bits per heavy atom. The number of rotatable bonds is 3. The van der Waals surface area contributed by atoms with Crippen molar-refractivity contribution < 1.29 is 14.3 Å². The van der Waals surface area contributed by atoms with E-state index in [-0.39, 0.29) is 18.4 Å². The number of anilines is 2. The van der Waals surface area contributed by atoms with Gasteiger partial charge in [0, 0.05) is 0 Å². The van der Waals surface area contributed by atoms with E-state index in [9.17, 15) is 9.59 Å². The molecule has 1 aliphatic rings. The van der Waals surface area contributed by atoms with Crippen molar-refractivity contribution in [2.45, 2.75) is 33.8 Å². The number of hydrogen-bond acceptors (Lipinski definition) is 3. The highest BCUT2D eigenvalue weighted by Gasteiger charge is 2.30. The first-order chi connectivity index (χ1) is 11.9. The quantitative estimate of drug-likeness (QED) is 0.933. The lowest BCUT2D eigenvalue weighted by molar-refractivity contribution is -0.126. The zero-order chi connectivity index (χ0) is 18.1. The van der Waals surface area contributed by atoms with Crippen molar-refractivity contribution in [3.63, 3.8) is 0 Å². The third-order valence-corrected chi connectivity index (χ3v) is 4.45. The summed E-state index contributed by atoms with van der Waals surface area (Å²) < 4.78 is 5.95. The van der Waals surface area contributed by atoms with Crippen LogP contribution in [0.4, 0.5) is 11.4 Å². The Morgan fingerprint density at radius 1 is 1.20 bits per heavy atom. The largest absolute Gasteiger partial charge is 0.481 e. The maximum absolute atomic E-state index is 12.9. The van der Waals surface area contributed by atoms with Gasteiger partial charge < -0.3 is 10.1 Å². The molecule has 2 amide bonds. The van der Waals surface area contributed by atoms with E-state index >= 15 is 0 Å². The Labute approximate surface area is 147 Å². The van der Waals surface area contributed by atoms with E-state index in [0.29, 0.717) is 17.1 Å². The summed E-state index contributed by atoms with van der Waals surface area (Å²) in [7, 11) is 0. The summed E-state index contributed by atoms with van der Waals surface area (Å²) in [4.78, 5) is 26.3. The summed E-state index contributed by atoms with van der Waals surface area (Å²) in [5, 5.41) is 2.78. The van der Waals surface area contributed by atoms with Gasteiger partial charge in [-0.25, -0.2) is 0 Å². The molecule has 25 heavy (non-hydrogen) atoms. The van der Waals surface area contributed by atoms with E-state index < -0.39 is 6.10 Å². The molecular weight excluding hydrogens is 316 g/mol. The molecule has 130 valence electrons. The molecule has 1 aliphatic heterocycles. The van der Waals surface area contributed by atoms with Crippen LogP contribution in [0.2, 0.25) is 0 Å². The number of carbonyl (C=O) groups excluding carboxylic acids is 2. The van der Waals surface area contributed by atoms with Crippen LogP contribution in [0.5, 0.6) is 5.75 Å². The number of benzene rings is 2. The highest BCUT2D eigenvalue weighted by molar-refractivity contribution is 6.10. The molecule has 0 radical (unpaired) electrons. The van der Waals surface area contributed by atoms with E-state index in [1.165, 1.54) is 4.90 Å². The fourth-order valence-electron chi connectivity index (χ4n) is 3.01. The minimum absolute atomic E-state index is 0.00459. The van der Waals surface area contributed by atoms with Crippen LogP contribution in [0.1, 0.15) is 23.6 Å². The third-order valence-electron chi connectivity index (χ3n) is 4.45. The van der Waals surface area contributed by atoms with E-state index in [1.807, 2.05) is 45.0 Å². The van der Waals surface area contributed by atoms with Gasteiger partial charge in [-0.1, -0.05) is 18.2 Å². The minimum Gasteiger partial charge on any atom is -0.481 e. The number of amides is 2. The van der Waals surface area contributed by atoms with Crippen molar-refractivity contribution in [3.05, 3.63) is 53.1 Å². The van der Waals surface area contributed by atoms with Crippen LogP contribution in [0.3, 0.4) is 0 Å². The summed E-state index contributed by atoms with van der Waals surface area (Å²) >= 11 is 0. The van der Waals surface area contributed by atoms with Crippen molar-refractivity contribution in [3.8, 4) is 5.75 Å². The van der Waals surface area contributed by atoms with Gasteiger partial charge in [-0.2, -0.15) is 0 Å². The predicted molar refractivity (Wildman–Crippen MR) is 98.2 cm³/mol. The molecule has 0 saturated heterocycles. The first-order valence-electron chi connectivity index (χ1n) is 8.31. The maximum atomic E-state index is 12.9. The molecule has 0 aliphatic carbocycles. The average Bonchev–Trinajstić information content (AvgIpc) is 2.57. The lowest BCUT2D eigenvalue weighted by Crippen LogP contribution is -2.47. The fourth-order valence-corrected chi connectivity index (χ4v) is 3.01. The van der Waals surface area contributed by atoms with Crippen LogP contribution in [-0.2, 0) is 9.59 Å². The summed E-state index contributed by atoms with van der Waals surface area (Å²) in [6, 6.07) is 11.3. The van der Waals surface area contributed by atoms with E-state index in [0.717, 1.165) is 16.7 Å². The average molecular weight is 338 g/mol. The number of fused-ring (bicyclic) bond motifs is 1. The molecule has 1 heterocycles. The highest BCUT2D eigenvalue weighted by atomic mass is 16.5. The van der Waals surface area contributed by atoms with Crippen molar-refractivity contribution in [2.24, 2.45) is 0 Å². The third kappa shape index (κ3) is 3.36. The summed E-state index contributed by atoms with van der Waals surface area (Å²) in [6.45, 7) is 7.71. The molecule has 0 saturated carbocycles. The predicted octanol–water partition coefficient (Wildman–Crippen LogP) is 3.36. The second kappa shape index (κ2) is 6.59. The van der Waals surface area contributed by atoms with Crippen molar-refractivity contribution >= 4 is 23.2 Å². The Bertz CT molecular complexity index is 845. The van der Waals surface area contributed by atoms with Crippen molar-refractivity contribution in [1.82, 2.24) is 0 Å². The molecule has 0 spiro atoms. The van der Waals surface area contributed by atoms with Gasteiger partial charge in [-0.15, -0.1) is 0 Å². The minimum atomic E-state index is -0.696. The van der Waals surface area contributed by atoms with Crippen molar-refractivity contribution in [1.29, 1.82) is 0 Å². The lowest BCUT2D eigenvalue weighted by Gasteiger charge is -2.31. The second-order valence-electron chi connectivity index (χ2n) is 6.45. The van der Waals surface area contributed by atoms with Gasteiger partial charge >= 0.3 is 0 Å². The smallest absolute Gasteiger partial charge is 0.268 e. The number of nitrogens with zero attached hydrogens (tertiary/aromatic N) is 1. The standard InChI is InChI=1S/C20H22N2O3/c1-12-9-13(2)14(3)18(10-12)25-15(4)20(24)22-11-19(23)21-16-7-5-6-8-17(16)22/h5-10,15H,11H2,1-4H3,(H,21,23)/t15-/m1/s1. The normalized spacial score (nSPS) is 14.6. The van der Waals surface area contributed by atoms with Gasteiger partial charge in [0.2, 0.25) is 5.91 Å². The summed E-state index contributed by atoms with van der Waals surface area (Å²) in [5.41, 5.74) is 4.56. The molecule has 2 aromatic rings. The number of hydrogen-bond donors (Lipinski definition) is 1. The molecule has 0 unspecified atom stereocenters. The highest BCUT2D eigenvalue weighted by Crippen LogP contribution is 2.30. The first kappa shape index (κ1) is 17.0. The number of nitrogens with one attached hydrogen (secondary N) is 1.